The standard InChI is InChI=1S/C21H22N2O5/c1-5-6-13-9-14(10-18(26-3)19(13)27-4)21(25)22-15-7-8-17-16(11-15)23-20(24)12(2)28-17/h5,7-12H,1,6H2,2-4H3,(H,22,25)(H,23,24)/t12-/m0/s1. The highest BCUT2D eigenvalue weighted by Crippen LogP contribution is 2.35. The molecule has 0 saturated carbocycles. The Morgan fingerprint density at radius 1 is 1.29 bits per heavy atom. The number of carbonyl (C=O) groups is 2. The van der Waals surface area contributed by atoms with E-state index < -0.39 is 6.10 Å². The van der Waals surface area contributed by atoms with Crippen molar-refractivity contribution in [3.63, 3.8) is 0 Å². The van der Waals surface area contributed by atoms with E-state index in [1.165, 1.54) is 7.11 Å². The maximum absolute atomic E-state index is 12.8. The van der Waals surface area contributed by atoms with Crippen LogP contribution in [0.3, 0.4) is 0 Å². The van der Waals surface area contributed by atoms with Crippen molar-refractivity contribution in [2.75, 3.05) is 24.9 Å². The molecule has 0 aliphatic carbocycles. The fraction of sp³-hybridized carbons (Fsp3) is 0.238. The Morgan fingerprint density at radius 3 is 2.75 bits per heavy atom. The summed E-state index contributed by atoms with van der Waals surface area (Å²) in [5, 5.41) is 5.58. The van der Waals surface area contributed by atoms with Crippen molar-refractivity contribution in [1.29, 1.82) is 0 Å². The van der Waals surface area contributed by atoms with E-state index in [2.05, 4.69) is 17.2 Å². The first-order valence-electron chi connectivity index (χ1n) is 8.75. The summed E-state index contributed by atoms with van der Waals surface area (Å²) in [7, 11) is 3.07. The first-order chi connectivity index (χ1) is 13.5. The fourth-order valence-corrected chi connectivity index (χ4v) is 2.97. The molecule has 1 aliphatic rings. The molecular formula is C21H22N2O5. The average Bonchev–Trinajstić information content (AvgIpc) is 2.68. The first kappa shape index (κ1) is 19.3. The van der Waals surface area contributed by atoms with Crippen LogP contribution in [0, 0.1) is 0 Å². The fourth-order valence-electron chi connectivity index (χ4n) is 2.97. The van der Waals surface area contributed by atoms with E-state index in [-0.39, 0.29) is 11.8 Å². The molecule has 2 aromatic rings. The van der Waals surface area contributed by atoms with Gasteiger partial charge in [0.05, 0.1) is 19.9 Å². The van der Waals surface area contributed by atoms with E-state index in [1.807, 2.05) is 0 Å². The third kappa shape index (κ3) is 3.78. The van der Waals surface area contributed by atoms with Gasteiger partial charge >= 0.3 is 0 Å². The van der Waals surface area contributed by atoms with Crippen LogP contribution >= 0.6 is 0 Å². The lowest BCUT2D eigenvalue weighted by molar-refractivity contribution is -0.122. The molecule has 0 bridgehead atoms. The lowest BCUT2D eigenvalue weighted by atomic mass is 10.0. The highest BCUT2D eigenvalue weighted by Gasteiger charge is 2.24. The number of methoxy groups -OCH3 is 2. The topological polar surface area (TPSA) is 85.9 Å². The van der Waals surface area contributed by atoms with Crippen molar-refractivity contribution in [3.8, 4) is 17.2 Å². The lowest BCUT2D eigenvalue weighted by Gasteiger charge is -2.23. The van der Waals surface area contributed by atoms with E-state index in [9.17, 15) is 9.59 Å². The summed E-state index contributed by atoms with van der Waals surface area (Å²) >= 11 is 0. The third-order valence-corrected chi connectivity index (χ3v) is 4.35. The summed E-state index contributed by atoms with van der Waals surface area (Å²) < 4.78 is 16.3. The van der Waals surface area contributed by atoms with Crippen LogP contribution in [0.2, 0.25) is 0 Å². The van der Waals surface area contributed by atoms with E-state index in [1.54, 1.807) is 50.4 Å². The van der Waals surface area contributed by atoms with Gasteiger partial charge in [-0.05, 0) is 43.7 Å². The van der Waals surface area contributed by atoms with Crippen LogP contribution in [0.15, 0.2) is 43.0 Å². The number of fused-ring (bicyclic) bond motifs is 1. The van der Waals surface area contributed by atoms with Crippen molar-refractivity contribution >= 4 is 23.2 Å². The zero-order chi connectivity index (χ0) is 20.3. The number of carbonyl (C=O) groups excluding carboxylic acids is 2. The van der Waals surface area contributed by atoms with E-state index in [0.29, 0.717) is 40.6 Å². The second kappa shape index (κ2) is 8.04. The third-order valence-electron chi connectivity index (χ3n) is 4.35. The molecule has 0 unspecified atom stereocenters. The number of nitrogens with one attached hydrogen (secondary N) is 2. The van der Waals surface area contributed by atoms with Gasteiger partial charge in [0.25, 0.3) is 11.8 Å². The van der Waals surface area contributed by atoms with E-state index in [0.717, 1.165) is 5.56 Å². The molecule has 0 radical (unpaired) electrons. The zero-order valence-corrected chi connectivity index (χ0v) is 16.0. The highest BCUT2D eigenvalue weighted by molar-refractivity contribution is 6.06. The van der Waals surface area contributed by atoms with Gasteiger partial charge in [-0.15, -0.1) is 6.58 Å². The van der Waals surface area contributed by atoms with Crippen LogP contribution in [0.1, 0.15) is 22.8 Å². The molecule has 1 atom stereocenters. The number of amides is 2. The van der Waals surface area contributed by atoms with E-state index >= 15 is 0 Å². The molecule has 2 aromatic carbocycles. The molecule has 0 saturated heterocycles. The SMILES string of the molecule is C=CCc1cc(C(=O)Nc2ccc3c(c2)NC(=O)[C@H](C)O3)cc(OC)c1OC. The summed E-state index contributed by atoms with van der Waals surface area (Å²) in [5.41, 5.74) is 2.26. The molecule has 1 heterocycles. The molecule has 0 spiro atoms. The zero-order valence-electron chi connectivity index (χ0n) is 16.0. The van der Waals surface area contributed by atoms with Crippen molar-refractivity contribution in [2.24, 2.45) is 0 Å². The number of benzene rings is 2. The summed E-state index contributed by atoms with van der Waals surface area (Å²) in [5.74, 6) is 1.05. The molecule has 146 valence electrons. The Kier molecular flexibility index (Phi) is 5.54. The minimum atomic E-state index is -0.553. The second-order valence-corrected chi connectivity index (χ2v) is 6.28. The van der Waals surface area contributed by atoms with Gasteiger partial charge in [0, 0.05) is 16.8 Å². The molecule has 3 rings (SSSR count). The maximum atomic E-state index is 12.8. The average molecular weight is 382 g/mol. The highest BCUT2D eigenvalue weighted by atomic mass is 16.5. The van der Waals surface area contributed by atoms with Crippen molar-refractivity contribution in [2.45, 2.75) is 19.4 Å². The Morgan fingerprint density at radius 2 is 2.07 bits per heavy atom. The smallest absolute Gasteiger partial charge is 0.265 e. The molecule has 28 heavy (non-hydrogen) atoms. The number of hydrogen-bond acceptors (Lipinski definition) is 5. The van der Waals surface area contributed by atoms with Gasteiger partial charge in [-0.25, -0.2) is 0 Å². The Hall–Kier alpha value is -3.48. The van der Waals surface area contributed by atoms with Crippen molar-refractivity contribution in [1.82, 2.24) is 0 Å². The molecule has 2 amide bonds. The Balaban J connectivity index is 1.87. The molecular weight excluding hydrogens is 360 g/mol. The minimum absolute atomic E-state index is 0.232. The number of allylic oxidation sites excluding steroid dienone is 1. The van der Waals surface area contributed by atoms with Gasteiger partial charge < -0.3 is 24.8 Å². The second-order valence-electron chi connectivity index (χ2n) is 6.28. The molecule has 1 aliphatic heterocycles. The van der Waals surface area contributed by atoms with Gasteiger partial charge in [0.1, 0.15) is 5.75 Å². The van der Waals surface area contributed by atoms with Crippen LogP contribution in [0.25, 0.3) is 0 Å². The predicted molar refractivity (Wildman–Crippen MR) is 107 cm³/mol. The van der Waals surface area contributed by atoms with E-state index in [4.69, 9.17) is 14.2 Å². The molecule has 7 nitrogen and oxygen atoms in total. The maximum Gasteiger partial charge on any atom is 0.265 e. The normalized spacial score (nSPS) is 15.0. The predicted octanol–water partition coefficient (Wildman–Crippen LogP) is 3.40. The van der Waals surface area contributed by atoms with Crippen LogP contribution < -0.4 is 24.8 Å². The van der Waals surface area contributed by atoms with Crippen molar-refractivity contribution < 1.29 is 23.8 Å². The molecule has 2 N–H and O–H groups in total. The summed E-state index contributed by atoms with van der Waals surface area (Å²) in [6, 6.07) is 8.43. The van der Waals surface area contributed by atoms with Crippen LogP contribution in [0.4, 0.5) is 11.4 Å². The number of ether oxygens (including phenoxy) is 3. The van der Waals surface area contributed by atoms with Crippen LogP contribution in [-0.4, -0.2) is 32.1 Å². The number of rotatable bonds is 6. The number of hydrogen-bond donors (Lipinski definition) is 2. The Labute approximate surface area is 163 Å². The van der Waals surface area contributed by atoms with Crippen molar-refractivity contribution in [3.05, 3.63) is 54.1 Å². The number of anilines is 2. The van der Waals surface area contributed by atoms with Gasteiger partial charge in [-0.2, -0.15) is 0 Å². The largest absolute Gasteiger partial charge is 0.493 e. The lowest BCUT2D eigenvalue weighted by Crippen LogP contribution is -2.34. The summed E-state index contributed by atoms with van der Waals surface area (Å²) in [4.78, 5) is 24.6. The summed E-state index contributed by atoms with van der Waals surface area (Å²) in [6.45, 7) is 5.41. The summed E-state index contributed by atoms with van der Waals surface area (Å²) in [6.07, 6.45) is 1.70. The molecule has 7 heteroatoms. The van der Waals surface area contributed by atoms with Gasteiger partial charge in [-0.3, -0.25) is 9.59 Å². The first-order valence-corrected chi connectivity index (χ1v) is 8.75. The Bertz CT molecular complexity index is 939. The van der Waals surface area contributed by atoms with Gasteiger partial charge in [0.2, 0.25) is 0 Å². The van der Waals surface area contributed by atoms with Crippen LogP contribution in [-0.2, 0) is 11.2 Å². The monoisotopic (exact) mass is 382 g/mol. The quantitative estimate of drug-likeness (QED) is 0.748. The molecule has 0 fully saturated rings. The van der Waals surface area contributed by atoms with Crippen LogP contribution in [0.5, 0.6) is 17.2 Å². The minimum Gasteiger partial charge on any atom is -0.493 e. The van der Waals surface area contributed by atoms with Gasteiger partial charge in [0.15, 0.2) is 17.6 Å². The van der Waals surface area contributed by atoms with Gasteiger partial charge in [-0.1, -0.05) is 6.08 Å². The molecule has 0 aromatic heterocycles.